The van der Waals surface area contributed by atoms with Crippen molar-refractivity contribution in [1.29, 1.82) is 0 Å². The van der Waals surface area contributed by atoms with E-state index in [0.29, 0.717) is 0 Å². The number of ether oxygens (including phenoxy) is 1. The molecule has 0 bridgehead atoms. The molecule has 2 saturated heterocycles. The van der Waals surface area contributed by atoms with Gasteiger partial charge in [0.25, 0.3) is 0 Å². The van der Waals surface area contributed by atoms with Crippen LogP contribution < -0.4 is 0 Å². The van der Waals surface area contributed by atoms with E-state index in [4.69, 9.17) is 4.74 Å². The van der Waals surface area contributed by atoms with Gasteiger partial charge < -0.3 is 4.74 Å². The van der Waals surface area contributed by atoms with Crippen molar-refractivity contribution in [2.75, 3.05) is 25.5 Å². The Morgan fingerprint density at radius 1 is 1.30 bits per heavy atom. The van der Waals surface area contributed by atoms with Gasteiger partial charge in [-0.25, -0.2) is 0 Å². The van der Waals surface area contributed by atoms with Gasteiger partial charge in [-0.15, -0.1) is 0 Å². The summed E-state index contributed by atoms with van der Waals surface area (Å²) >= 11 is 1.96. The number of nitrogens with zero attached hydrogens (tertiary/aromatic N) is 1. The van der Waals surface area contributed by atoms with Crippen LogP contribution in [0.5, 0.6) is 0 Å². The van der Waals surface area contributed by atoms with Crippen molar-refractivity contribution in [1.82, 2.24) is 0 Å². The molecular weight excluding hydrogens is 146 g/mol. The van der Waals surface area contributed by atoms with E-state index >= 15 is 0 Å². The molecule has 0 saturated carbocycles. The lowest BCUT2D eigenvalue weighted by molar-refractivity contribution is -0.363. The molecule has 0 aromatic heterocycles. The summed E-state index contributed by atoms with van der Waals surface area (Å²) in [6.07, 6.45) is 2.74. The highest BCUT2D eigenvalue weighted by atomic mass is 32.2. The highest BCUT2D eigenvalue weighted by Crippen LogP contribution is 2.16. The monoisotopic (exact) mass is 158 g/mol. The van der Waals surface area contributed by atoms with Gasteiger partial charge in [0.2, 0.25) is 5.71 Å². The summed E-state index contributed by atoms with van der Waals surface area (Å²) < 4.78 is 7.51. The standard InChI is InChI=1S/C7H12NOS/c1-2-4-10-8(3-1)7-5-9-6-7/h1-6H2/q+1. The lowest BCUT2D eigenvalue weighted by Crippen LogP contribution is -2.36. The molecule has 2 aliphatic heterocycles. The SMILES string of the molecule is C1CC[N+](=C2COC2)SC1. The zero-order valence-corrected chi connectivity index (χ0v) is 6.82. The molecule has 0 unspecified atom stereocenters. The lowest BCUT2D eigenvalue weighted by atomic mass is 10.3. The zero-order chi connectivity index (χ0) is 6.81. The zero-order valence-electron chi connectivity index (χ0n) is 6.01. The third kappa shape index (κ3) is 1.20. The molecular formula is C7H12NOS+. The average Bonchev–Trinajstić information content (AvgIpc) is 1.86. The van der Waals surface area contributed by atoms with Gasteiger partial charge in [0.05, 0.1) is 5.75 Å². The fraction of sp³-hybridized carbons (Fsp3) is 0.857. The minimum Gasteiger partial charge on any atom is -0.360 e. The van der Waals surface area contributed by atoms with Crippen molar-refractivity contribution >= 4 is 17.7 Å². The van der Waals surface area contributed by atoms with Crippen LogP contribution in [0.2, 0.25) is 0 Å². The van der Waals surface area contributed by atoms with Gasteiger partial charge in [0.1, 0.15) is 13.2 Å². The fourth-order valence-corrected chi connectivity index (χ4v) is 2.28. The Hall–Kier alpha value is -0.0200. The van der Waals surface area contributed by atoms with Crippen molar-refractivity contribution in [3.63, 3.8) is 0 Å². The van der Waals surface area contributed by atoms with E-state index in [0.717, 1.165) is 13.2 Å². The first-order chi connectivity index (χ1) is 4.97. The Labute approximate surface area is 65.4 Å². The van der Waals surface area contributed by atoms with Crippen LogP contribution in [0.15, 0.2) is 0 Å². The molecule has 0 aromatic carbocycles. The normalized spacial score (nSPS) is 26.4. The highest BCUT2D eigenvalue weighted by Gasteiger charge is 2.25. The lowest BCUT2D eigenvalue weighted by Gasteiger charge is -2.17. The van der Waals surface area contributed by atoms with E-state index in [1.807, 2.05) is 11.9 Å². The maximum atomic E-state index is 5.10. The molecule has 0 atom stereocenters. The number of rotatable bonds is 0. The van der Waals surface area contributed by atoms with E-state index in [9.17, 15) is 0 Å². The van der Waals surface area contributed by atoms with E-state index in [1.165, 1.54) is 30.9 Å². The van der Waals surface area contributed by atoms with Crippen LogP contribution in [0.1, 0.15) is 12.8 Å². The van der Waals surface area contributed by atoms with Crippen LogP contribution in [0.25, 0.3) is 0 Å². The summed E-state index contributed by atoms with van der Waals surface area (Å²) in [4.78, 5) is 0. The van der Waals surface area contributed by atoms with Crippen molar-refractivity contribution in [2.45, 2.75) is 12.8 Å². The number of hydrogen-bond acceptors (Lipinski definition) is 2. The summed E-state index contributed by atoms with van der Waals surface area (Å²) in [6, 6.07) is 0. The molecule has 10 heavy (non-hydrogen) atoms. The molecule has 3 heteroatoms. The molecule has 0 spiro atoms. The van der Waals surface area contributed by atoms with Crippen LogP contribution in [-0.2, 0) is 4.74 Å². The summed E-state index contributed by atoms with van der Waals surface area (Å²) in [7, 11) is 0. The van der Waals surface area contributed by atoms with Gasteiger partial charge in [0, 0.05) is 6.42 Å². The highest BCUT2D eigenvalue weighted by molar-refractivity contribution is 7.93. The van der Waals surface area contributed by atoms with Crippen LogP contribution >= 0.6 is 11.9 Å². The maximum absolute atomic E-state index is 5.10. The maximum Gasteiger partial charge on any atom is 0.217 e. The van der Waals surface area contributed by atoms with Crippen LogP contribution in [0, 0.1) is 0 Å². The Morgan fingerprint density at radius 2 is 2.20 bits per heavy atom. The molecule has 0 aromatic rings. The van der Waals surface area contributed by atoms with Crippen molar-refractivity contribution in [2.24, 2.45) is 0 Å². The smallest absolute Gasteiger partial charge is 0.217 e. The third-order valence-corrected chi connectivity index (χ3v) is 3.12. The van der Waals surface area contributed by atoms with Crippen molar-refractivity contribution < 1.29 is 8.72 Å². The Morgan fingerprint density at radius 3 is 2.70 bits per heavy atom. The van der Waals surface area contributed by atoms with Gasteiger partial charge in [-0.2, -0.15) is 3.98 Å². The molecule has 2 heterocycles. The molecule has 56 valence electrons. The van der Waals surface area contributed by atoms with E-state index in [-0.39, 0.29) is 0 Å². The molecule has 2 nitrogen and oxygen atoms in total. The van der Waals surface area contributed by atoms with E-state index < -0.39 is 0 Å². The van der Waals surface area contributed by atoms with Gasteiger partial charge >= 0.3 is 0 Å². The van der Waals surface area contributed by atoms with E-state index in [2.05, 4.69) is 3.98 Å². The van der Waals surface area contributed by atoms with Gasteiger partial charge in [-0.05, 0) is 6.42 Å². The minimum atomic E-state index is 0.882. The summed E-state index contributed by atoms with van der Waals surface area (Å²) in [5.41, 5.74) is 1.49. The fourth-order valence-electron chi connectivity index (χ4n) is 1.18. The topological polar surface area (TPSA) is 12.2 Å². The van der Waals surface area contributed by atoms with Gasteiger partial charge in [-0.1, -0.05) is 0 Å². The average molecular weight is 158 g/mol. The molecule has 2 rings (SSSR count). The van der Waals surface area contributed by atoms with Crippen LogP contribution in [-0.4, -0.2) is 35.2 Å². The van der Waals surface area contributed by atoms with E-state index in [1.54, 1.807) is 0 Å². The molecule has 0 N–H and O–H groups in total. The van der Waals surface area contributed by atoms with Gasteiger partial charge in [-0.3, -0.25) is 0 Å². The minimum absolute atomic E-state index is 0.882. The molecule has 0 aliphatic carbocycles. The number of hydrogen-bond donors (Lipinski definition) is 0. The largest absolute Gasteiger partial charge is 0.360 e. The predicted octanol–water partition coefficient (Wildman–Crippen LogP) is 0.912. The molecule has 2 aliphatic rings. The summed E-state index contributed by atoms with van der Waals surface area (Å²) in [6.45, 7) is 3.00. The summed E-state index contributed by atoms with van der Waals surface area (Å²) in [5.74, 6) is 1.30. The molecule has 0 radical (unpaired) electrons. The predicted molar refractivity (Wildman–Crippen MR) is 42.6 cm³/mol. The van der Waals surface area contributed by atoms with Crippen LogP contribution in [0.4, 0.5) is 0 Å². The quantitative estimate of drug-likeness (QED) is 0.384. The second-order valence-electron chi connectivity index (χ2n) is 2.70. The first-order valence-electron chi connectivity index (χ1n) is 3.80. The first kappa shape index (κ1) is 6.68. The molecule has 0 amide bonds. The van der Waals surface area contributed by atoms with Crippen molar-refractivity contribution in [3.05, 3.63) is 0 Å². The second kappa shape index (κ2) is 2.93. The summed E-state index contributed by atoms with van der Waals surface area (Å²) in [5, 5.41) is 0. The molecule has 2 fully saturated rings. The Balaban J connectivity index is 2.00. The Kier molecular flexibility index (Phi) is 1.95. The van der Waals surface area contributed by atoms with Crippen LogP contribution in [0.3, 0.4) is 0 Å². The van der Waals surface area contributed by atoms with Crippen molar-refractivity contribution in [3.8, 4) is 0 Å². The third-order valence-electron chi connectivity index (χ3n) is 1.89. The Bertz CT molecular complexity index is 153. The second-order valence-corrected chi connectivity index (χ2v) is 3.81. The van der Waals surface area contributed by atoms with Gasteiger partial charge in [0.15, 0.2) is 18.5 Å². The first-order valence-corrected chi connectivity index (χ1v) is 4.74.